The smallest absolute Gasteiger partial charge is 0.325 e. The topological polar surface area (TPSA) is 81.7 Å². The minimum Gasteiger partial charge on any atom is -0.496 e. The van der Waals surface area contributed by atoms with Crippen LogP contribution in [0.2, 0.25) is 0 Å². The monoisotopic (exact) mass is 405 g/mol. The zero-order chi connectivity index (χ0) is 18.2. The molecule has 0 saturated carbocycles. The van der Waals surface area contributed by atoms with Crippen LogP contribution in [0.5, 0.6) is 5.75 Å². The van der Waals surface area contributed by atoms with Gasteiger partial charge >= 0.3 is 5.97 Å². The predicted molar refractivity (Wildman–Crippen MR) is 94.8 cm³/mol. The fourth-order valence-electron chi connectivity index (χ4n) is 2.01. The maximum absolute atomic E-state index is 12.1. The molecule has 7 heteroatoms. The van der Waals surface area contributed by atoms with Crippen LogP contribution in [-0.4, -0.2) is 37.9 Å². The number of esters is 1. The maximum atomic E-state index is 12.1. The fraction of sp³-hybridized carbons (Fsp3) is 0.167. The summed E-state index contributed by atoms with van der Waals surface area (Å²) >= 11 is 3.27. The van der Waals surface area contributed by atoms with E-state index in [4.69, 9.17) is 9.47 Å². The average molecular weight is 406 g/mol. The van der Waals surface area contributed by atoms with Gasteiger partial charge in [-0.15, -0.1) is 0 Å². The highest BCUT2D eigenvalue weighted by Gasteiger charge is 2.15. The van der Waals surface area contributed by atoms with Crippen LogP contribution in [0.4, 0.5) is 0 Å². The minimum atomic E-state index is -0.700. The number of hydrogen-bond donors (Lipinski definition) is 1. The second-order valence-corrected chi connectivity index (χ2v) is 5.89. The summed E-state index contributed by atoms with van der Waals surface area (Å²) in [5, 5.41) is 2.44. The van der Waals surface area contributed by atoms with Crippen LogP contribution in [0.25, 0.3) is 0 Å². The molecule has 0 aromatic heterocycles. The van der Waals surface area contributed by atoms with Gasteiger partial charge in [-0.1, -0.05) is 28.1 Å². The highest BCUT2D eigenvalue weighted by molar-refractivity contribution is 9.10. The third kappa shape index (κ3) is 5.42. The number of ether oxygens (including phenoxy) is 2. The quantitative estimate of drug-likeness (QED) is 0.565. The molecule has 0 unspecified atom stereocenters. The molecular weight excluding hydrogens is 390 g/mol. The van der Waals surface area contributed by atoms with Gasteiger partial charge in [-0.3, -0.25) is 14.4 Å². The number of hydrogen-bond acceptors (Lipinski definition) is 5. The molecular formula is C18H16BrNO5. The molecule has 0 radical (unpaired) electrons. The normalized spacial score (nSPS) is 10.0. The third-order valence-electron chi connectivity index (χ3n) is 3.27. The highest BCUT2D eigenvalue weighted by atomic mass is 79.9. The number of Topliss-reactive ketones (excluding diaryl/α,β-unsaturated/α-hetero) is 1. The number of ketones is 1. The lowest BCUT2D eigenvalue weighted by molar-refractivity contribution is -0.141. The Kier molecular flexibility index (Phi) is 6.71. The highest BCUT2D eigenvalue weighted by Crippen LogP contribution is 2.17. The van der Waals surface area contributed by atoms with E-state index >= 15 is 0 Å². The molecule has 0 spiro atoms. The minimum absolute atomic E-state index is 0.325. The summed E-state index contributed by atoms with van der Waals surface area (Å²) in [5.41, 5.74) is 0.748. The molecule has 130 valence electrons. The van der Waals surface area contributed by atoms with E-state index in [0.717, 1.165) is 4.47 Å². The first-order valence-corrected chi connectivity index (χ1v) is 8.16. The predicted octanol–water partition coefficient (Wildman–Crippen LogP) is 2.61. The van der Waals surface area contributed by atoms with Gasteiger partial charge in [0, 0.05) is 10.0 Å². The summed E-state index contributed by atoms with van der Waals surface area (Å²) in [4.78, 5) is 35.7. The molecule has 0 heterocycles. The zero-order valence-electron chi connectivity index (χ0n) is 13.5. The van der Waals surface area contributed by atoms with Crippen LogP contribution in [-0.2, 0) is 9.53 Å². The van der Waals surface area contributed by atoms with Crippen molar-refractivity contribution >= 4 is 33.6 Å². The molecule has 0 atom stereocenters. The van der Waals surface area contributed by atoms with E-state index in [1.807, 2.05) is 0 Å². The third-order valence-corrected chi connectivity index (χ3v) is 3.80. The Morgan fingerprint density at radius 3 is 2.40 bits per heavy atom. The molecule has 0 aliphatic carbocycles. The first kappa shape index (κ1) is 18.7. The van der Waals surface area contributed by atoms with Crippen molar-refractivity contribution in [2.75, 3.05) is 20.3 Å². The van der Waals surface area contributed by atoms with Crippen LogP contribution in [0.1, 0.15) is 20.7 Å². The Bertz CT molecular complexity index is 773. The molecule has 0 aliphatic heterocycles. The lowest BCUT2D eigenvalue weighted by atomic mass is 10.1. The van der Waals surface area contributed by atoms with Gasteiger partial charge in [0.2, 0.25) is 5.78 Å². The number of carbonyl (C=O) groups is 3. The second-order valence-electron chi connectivity index (χ2n) is 4.97. The van der Waals surface area contributed by atoms with E-state index in [1.165, 1.54) is 7.11 Å². The van der Waals surface area contributed by atoms with Gasteiger partial charge in [-0.05, 0) is 36.4 Å². The summed E-state index contributed by atoms with van der Waals surface area (Å²) in [7, 11) is 1.45. The molecule has 0 bridgehead atoms. The molecule has 0 fully saturated rings. The van der Waals surface area contributed by atoms with Crippen molar-refractivity contribution in [3.8, 4) is 5.75 Å². The molecule has 0 saturated heterocycles. The Morgan fingerprint density at radius 2 is 1.72 bits per heavy atom. The summed E-state index contributed by atoms with van der Waals surface area (Å²) in [6.07, 6.45) is 0. The largest absolute Gasteiger partial charge is 0.496 e. The standard InChI is InChI=1S/C18H16BrNO5/c1-24-16-5-3-2-4-14(16)15(21)11-25-17(22)10-20-18(23)12-6-8-13(19)9-7-12/h2-9H,10-11H2,1H3,(H,20,23). The van der Waals surface area contributed by atoms with Crippen LogP contribution >= 0.6 is 15.9 Å². The Morgan fingerprint density at radius 1 is 1.04 bits per heavy atom. The van der Waals surface area contributed by atoms with Gasteiger partial charge in [-0.2, -0.15) is 0 Å². The van der Waals surface area contributed by atoms with Crippen LogP contribution < -0.4 is 10.1 Å². The van der Waals surface area contributed by atoms with Crippen molar-refractivity contribution < 1.29 is 23.9 Å². The maximum Gasteiger partial charge on any atom is 0.325 e. The van der Waals surface area contributed by atoms with E-state index in [9.17, 15) is 14.4 Å². The molecule has 25 heavy (non-hydrogen) atoms. The summed E-state index contributed by atoms with van der Waals surface area (Å²) in [6, 6.07) is 13.3. The first-order chi connectivity index (χ1) is 12.0. The SMILES string of the molecule is COc1ccccc1C(=O)COC(=O)CNC(=O)c1ccc(Br)cc1. The average Bonchev–Trinajstić information content (AvgIpc) is 2.64. The van der Waals surface area contributed by atoms with Gasteiger partial charge < -0.3 is 14.8 Å². The van der Waals surface area contributed by atoms with Gasteiger partial charge in [0.25, 0.3) is 5.91 Å². The van der Waals surface area contributed by atoms with E-state index in [2.05, 4.69) is 21.2 Å². The van der Waals surface area contributed by atoms with Crippen molar-refractivity contribution in [3.63, 3.8) is 0 Å². The fourth-order valence-corrected chi connectivity index (χ4v) is 2.27. The first-order valence-electron chi connectivity index (χ1n) is 7.37. The number of para-hydroxylation sites is 1. The van der Waals surface area contributed by atoms with Crippen LogP contribution in [0.15, 0.2) is 53.0 Å². The number of methoxy groups -OCH3 is 1. The van der Waals surface area contributed by atoms with Crippen molar-refractivity contribution in [1.82, 2.24) is 5.32 Å². The van der Waals surface area contributed by atoms with E-state index < -0.39 is 18.5 Å². The number of rotatable bonds is 7. The number of carbonyl (C=O) groups excluding carboxylic acids is 3. The Hall–Kier alpha value is -2.67. The second kappa shape index (κ2) is 8.98. The van der Waals surface area contributed by atoms with Gasteiger partial charge in [-0.25, -0.2) is 0 Å². The van der Waals surface area contributed by atoms with Gasteiger partial charge in [0.1, 0.15) is 12.3 Å². The number of nitrogens with one attached hydrogen (secondary N) is 1. The van der Waals surface area contributed by atoms with Crippen LogP contribution in [0.3, 0.4) is 0 Å². The zero-order valence-corrected chi connectivity index (χ0v) is 15.0. The lowest BCUT2D eigenvalue weighted by Crippen LogP contribution is -2.31. The lowest BCUT2D eigenvalue weighted by Gasteiger charge is -2.08. The molecule has 2 aromatic carbocycles. The summed E-state index contributed by atoms with van der Waals surface area (Å²) in [6.45, 7) is -0.749. The van der Waals surface area contributed by atoms with E-state index in [-0.39, 0.29) is 12.3 Å². The summed E-state index contributed by atoms with van der Waals surface area (Å²) < 4.78 is 10.8. The molecule has 1 N–H and O–H groups in total. The van der Waals surface area contributed by atoms with Crippen molar-refractivity contribution in [2.24, 2.45) is 0 Å². The molecule has 6 nitrogen and oxygen atoms in total. The van der Waals surface area contributed by atoms with E-state index in [0.29, 0.717) is 16.9 Å². The van der Waals surface area contributed by atoms with Crippen molar-refractivity contribution in [2.45, 2.75) is 0 Å². The van der Waals surface area contributed by atoms with Crippen molar-refractivity contribution in [3.05, 3.63) is 64.1 Å². The van der Waals surface area contributed by atoms with Crippen LogP contribution in [0, 0.1) is 0 Å². The molecule has 2 rings (SSSR count). The van der Waals surface area contributed by atoms with Gasteiger partial charge in [0.05, 0.1) is 12.7 Å². The molecule has 0 aliphatic rings. The number of halogens is 1. The summed E-state index contributed by atoms with van der Waals surface area (Å²) in [5.74, 6) is -1.08. The number of amides is 1. The Labute approximate surface area is 153 Å². The van der Waals surface area contributed by atoms with E-state index in [1.54, 1.807) is 48.5 Å². The van der Waals surface area contributed by atoms with Crippen molar-refractivity contribution in [1.29, 1.82) is 0 Å². The van der Waals surface area contributed by atoms with Gasteiger partial charge in [0.15, 0.2) is 6.61 Å². The molecule has 1 amide bonds. The Balaban J connectivity index is 1.81. The molecule has 2 aromatic rings. The number of benzene rings is 2.